The van der Waals surface area contributed by atoms with Crippen LogP contribution in [0, 0.1) is 10.1 Å². The molecule has 0 unspecified atom stereocenters. The van der Waals surface area contributed by atoms with Crippen LogP contribution in [-0.2, 0) is 5.75 Å². The molecule has 0 aliphatic carbocycles. The summed E-state index contributed by atoms with van der Waals surface area (Å²) in [5.41, 5.74) is 0.816. The van der Waals surface area contributed by atoms with Gasteiger partial charge in [-0.15, -0.1) is 10.2 Å². The fourth-order valence-corrected chi connectivity index (χ4v) is 2.57. The number of nitrogens with zero attached hydrogens (tertiary/aromatic N) is 3. The second kappa shape index (κ2) is 6.32. The van der Waals surface area contributed by atoms with Crippen molar-refractivity contribution in [2.45, 2.75) is 11.0 Å². The van der Waals surface area contributed by atoms with Crippen LogP contribution in [0.1, 0.15) is 5.76 Å². The molecule has 0 spiro atoms. The highest BCUT2D eigenvalue weighted by Gasteiger charge is 2.14. The molecule has 0 radical (unpaired) electrons. The third-order valence-electron chi connectivity index (χ3n) is 2.66. The van der Waals surface area contributed by atoms with Crippen LogP contribution in [0.5, 0.6) is 0 Å². The third kappa shape index (κ3) is 3.37. The molecule has 0 atom stereocenters. The topological polar surface area (TPSA) is 95.2 Å². The summed E-state index contributed by atoms with van der Waals surface area (Å²) >= 11 is 4.61. The normalized spacial score (nSPS) is 10.8. The summed E-state index contributed by atoms with van der Waals surface area (Å²) < 4.78 is 11.6. The van der Waals surface area contributed by atoms with E-state index < -0.39 is 4.92 Å². The number of furan rings is 1. The molecular formula is C13H8BrN3O4S. The number of benzene rings is 1. The molecule has 0 saturated heterocycles. The van der Waals surface area contributed by atoms with E-state index in [1.165, 1.54) is 17.8 Å². The lowest BCUT2D eigenvalue weighted by Crippen LogP contribution is -1.83. The Bertz CT molecular complexity index is 800. The maximum absolute atomic E-state index is 10.5. The summed E-state index contributed by atoms with van der Waals surface area (Å²) in [6.07, 6.45) is 0. The Hall–Kier alpha value is -2.13. The van der Waals surface area contributed by atoms with Gasteiger partial charge in [0.1, 0.15) is 10.7 Å². The summed E-state index contributed by atoms with van der Waals surface area (Å²) in [6.45, 7) is 0. The number of hydrogen-bond donors (Lipinski definition) is 0. The molecule has 1 aromatic carbocycles. The second-order valence-corrected chi connectivity index (χ2v) is 6.01. The Balaban J connectivity index is 1.66. The van der Waals surface area contributed by atoms with Crippen LogP contribution in [0.15, 0.2) is 54.9 Å². The van der Waals surface area contributed by atoms with E-state index >= 15 is 0 Å². The lowest BCUT2D eigenvalue weighted by molar-refractivity contribution is -0.402. The number of nitro groups is 1. The Morgan fingerprint density at radius 3 is 2.59 bits per heavy atom. The first-order chi connectivity index (χ1) is 10.6. The minimum Gasteiger partial charge on any atom is -0.411 e. The molecule has 0 aliphatic heterocycles. The largest absolute Gasteiger partial charge is 0.433 e. The summed E-state index contributed by atoms with van der Waals surface area (Å²) in [7, 11) is 0. The monoisotopic (exact) mass is 381 g/mol. The van der Waals surface area contributed by atoms with Crippen LogP contribution in [0.3, 0.4) is 0 Å². The fourth-order valence-electron chi connectivity index (χ4n) is 1.65. The van der Waals surface area contributed by atoms with Crippen LogP contribution in [0.25, 0.3) is 11.5 Å². The Kier molecular flexibility index (Phi) is 4.25. The van der Waals surface area contributed by atoms with Gasteiger partial charge in [0.05, 0.1) is 11.8 Å². The van der Waals surface area contributed by atoms with E-state index in [2.05, 4.69) is 26.1 Å². The first-order valence-corrected chi connectivity index (χ1v) is 7.85. The van der Waals surface area contributed by atoms with Crippen LogP contribution in [-0.4, -0.2) is 15.1 Å². The first-order valence-electron chi connectivity index (χ1n) is 6.07. The van der Waals surface area contributed by atoms with Gasteiger partial charge in [0, 0.05) is 10.0 Å². The van der Waals surface area contributed by atoms with Crippen LogP contribution in [0.4, 0.5) is 5.88 Å². The molecular weight excluding hydrogens is 374 g/mol. The summed E-state index contributed by atoms with van der Waals surface area (Å²) in [4.78, 5) is 9.96. The van der Waals surface area contributed by atoms with Crippen molar-refractivity contribution in [3.05, 3.63) is 56.7 Å². The number of hydrogen-bond acceptors (Lipinski definition) is 7. The van der Waals surface area contributed by atoms with Gasteiger partial charge in [-0.05, 0) is 30.3 Å². The Morgan fingerprint density at radius 2 is 1.91 bits per heavy atom. The number of halogens is 1. The minimum absolute atomic E-state index is 0.281. The average molecular weight is 382 g/mol. The zero-order valence-corrected chi connectivity index (χ0v) is 13.3. The molecule has 0 fully saturated rings. The van der Waals surface area contributed by atoms with Crippen molar-refractivity contribution < 1.29 is 13.8 Å². The van der Waals surface area contributed by atoms with Crippen LogP contribution in [0.2, 0.25) is 0 Å². The average Bonchev–Trinajstić information content (AvgIpc) is 3.15. The van der Waals surface area contributed by atoms with Gasteiger partial charge in [-0.3, -0.25) is 10.1 Å². The van der Waals surface area contributed by atoms with Gasteiger partial charge in [0.2, 0.25) is 5.89 Å². The summed E-state index contributed by atoms with van der Waals surface area (Å²) in [5, 5.41) is 18.8. The zero-order valence-electron chi connectivity index (χ0n) is 10.9. The van der Waals surface area contributed by atoms with Gasteiger partial charge < -0.3 is 8.83 Å². The predicted molar refractivity (Wildman–Crippen MR) is 82.4 cm³/mol. The molecule has 112 valence electrons. The van der Waals surface area contributed by atoms with Gasteiger partial charge in [-0.25, -0.2) is 0 Å². The van der Waals surface area contributed by atoms with Crippen molar-refractivity contribution in [1.29, 1.82) is 0 Å². The Labute approximate surface area is 137 Å². The van der Waals surface area contributed by atoms with Crippen molar-refractivity contribution in [2.24, 2.45) is 0 Å². The lowest BCUT2D eigenvalue weighted by Gasteiger charge is -1.94. The number of rotatable bonds is 5. The second-order valence-electron chi connectivity index (χ2n) is 4.17. The van der Waals surface area contributed by atoms with E-state index in [0.717, 1.165) is 10.0 Å². The van der Waals surface area contributed by atoms with Gasteiger partial charge in [0.15, 0.2) is 0 Å². The van der Waals surface area contributed by atoms with E-state index in [4.69, 9.17) is 8.83 Å². The zero-order chi connectivity index (χ0) is 15.5. The molecule has 22 heavy (non-hydrogen) atoms. The SMILES string of the molecule is O=[N+]([O-])c1ccc(CSc2nnc(-c3ccc(Br)cc3)o2)o1. The fraction of sp³-hybridized carbons (Fsp3) is 0.0769. The van der Waals surface area contributed by atoms with E-state index in [0.29, 0.717) is 22.6 Å². The minimum atomic E-state index is -0.577. The van der Waals surface area contributed by atoms with Crippen LogP contribution >= 0.6 is 27.7 Å². The van der Waals surface area contributed by atoms with Crippen molar-refractivity contribution in [3.63, 3.8) is 0 Å². The van der Waals surface area contributed by atoms with Gasteiger partial charge in [-0.1, -0.05) is 27.7 Å². The smallest absolute Gasteiger partial charge is 0.411 e. The van der Waals surface area contributed by atoms with Gasteiger partial charge in [-0.2, -0.15) is 0 Å². The molecule has 2 heterocycles. The highest BCUT2D eigenvalue weighted by atomic mass is 79.9. The molecule has 7 nitrogen and oxygen atoms in total. The maximum atomic E-state index is 10.5. The predicted octanol–water partition coefficient (Wildman–Crippen LogP) is 4.29. The van der Waals surface area contributed by atoms with E-state index in [1.54, 1.807) is 6.07 Å². The molecule has 2 aromatic heterocycles. The van der Waals surface area contributed by atoms with Gasteiger partial charge in [0.25, 0.3) is 5.22 Å². The molecule has 3 aromatic rings. The highest BCUT2D eigenvalue weighted by molar-refractivity contribution is 9.10. The molecule has 0 N–H and O–H groups in total. The van der Waals surface area contributed by atoms with Crippen molar-refractivity contribution >= 4 is 33.6 Å². The molecule has 3 rings (SSSR count). The molecule has 0 saturated carbocycles. The first kappa shape index (κ1) is 14.8. The lowest BCUT2D eigenvalue weighted by atomic mass is 10.2. The molecule has 0 aliphatic rings. The summed E-state index contributed by atoms with van der Waals surface area (Å²) in [5.74, 6) is 0.979. The van der Waals surface area contributed by atoms with E-state index in [1.807, 2.05) is 24.3 Å². The molecule has 0 amide bonds. The molecule has 9 heteroatoms. The highest BCUT2D eigenvalue weighted by Crippen LogP contribution is 2.28. The number of thioether (sulfide) groups is 1. The maximum Gasteiger partial charge on any atom is 0.433 e. The number of aromatic nitrogens is 2. The quantitative estimate of drug-likeness (QED) is 0.369. The van der Waals surface area contributed by atoms with E-state index in [9.17, 15) is 10.1 Å². The van der Waals surface area contributed by atoms with Crippen molar-refractivity contribution in [3.8, 4) is 11.5 Å². The third-order valence-corrected chi connectivity index (χ3v) is 4.03. The Morgan fingerprint density at radius 1 is 1.14 bits per heavy atom. The van der Waals surface area contributed by atoms with Crippen molar-refractivity contribution in [2.75, 3.05) is 0 Å². The molecule has 0 bridgehead atoms. The van der Waals surface area contributed by atoms with E-state index in [-0.39, 0.29) is 5.88 Å². The van der Waals surface area contributed by atoms with Crippen molar-refractivity contribution in [1.82, 2.24) is 10.2 Å². The van der Waals surface area contributed by atoms with Crippen LogP contribution < -0.4 is 0 Å². The summed E-state index contributed by atoms with van der Waals surface area (Å²) in [6, 6.07) is 10.4. The van der Waals surface area contributed by atoms with Gasteiger partial charge >= 0.3 is 5.88 Å². The standard InChI is InChI=1S/C13H8BrN3O4S/c14-9-3-1-8(2-4-9)12-15-16-13(21-12)22-7-10-5-6-11(20-10)17(18)19/h1-6H,7H2.